The molecule has 0 fully saturated rings. The van der Waals surface area contributed by atoms with Crippen LogP contribution in [0.2, 0.25) is 0 Å². The first-order chi connectivity index (χ1) is 8.33. The highest BCUT2D eigenvalue weighted by Gasteiger charge is 2.19. The average Bonchev–Trinajstić information content (AvgIpc) is 2.57. The van der Waals surface area contributed by atoms with Gasteiger partial charge < -0.3 is 9.73 Å². The van der Waals surface area contributed by atoms with Crippen molar-refractivity contribution in [2.24, 2.45) is 5.41 Å². The van der Waals surface area contributed by atoms with Crippen LogP contribution in [0.1, 0.15) is 70.1 Å². The third-order valence-corrected chi connectivity index (χ3v) is 3.28. The molecule has 0 aliphatic rings. The van der Waals surface area contributed by atoms with Crippen molar-refractivity contribution >= 4 is 0 Å². The minimum atomic E-state index is 0.388. The van der Waals surface area contributed by atoms with Gasteiger partial charge in [0.05, 0.1) is 0 Å². The first-order valence-corrected chi connectivity index (χ1v) is 7.14. The van der Waals surface area contributed by atoms with Gasteiger partial charge in [0.2, 0.25) is 0 Å². The summed E-state index contributed by atoms with van der Waals surface area (Å²) in [6.07, 6.45) is 3.56. The molecular formula is C16H29NO. The van der Waals surface area contributed by atoms with E-state index in [1.807, 2.05) is 6.92 Å². The zero-order valence-corrected chi connectivity index (χ0v) is 12.9. The zero-order valence-electron chi connectivity index (χ0n) is 12.9. The van der Waals surface area contributed by atoms with Crippen LogP contribution in [0.3, 0.4) is 0 Å². The Hall–Kier alpha value is -0.760. The molecule has 0 radical (unpaired) electrons. The molecule has 1 aromatic heterocycles. The number of hydrogen-bond acceptors (Lipinski definition) is 2. The summed E-state index contributed by atoms with van der Waals surface area (Å²) in [5, 5.41) is 3.65. The molecule has 0 aromatic carbocycles. The van der Waals surface area contributed by atoms with Crippen LogP contribution >= 0.6 is 0 Å². The van der Waals surface area contributed by atoms with E-state index < -0.39 is 0 Å². The van der Waals surface area contributed by atoms with Crippen molar-refractivity contribution in [3.8, 4) is 0 Å². The van der Waals surface area contributed by atoms with Gasteiger partial charge in [-0.2, -0.15) is 0 Å². The normalized spacial score (nSPS) is 13.9. The summed E-state index contributed by atoms with van der Waals surface area (Å²) >= 11 is 0. The second-order valence-corrected chi connectivity index (χ2v) is 6.47. The van der Waals surface area contributed by atoms with Crippen LogP contribution in [0.15, 0.2) is 10.5 Å². The molecule has 0 saturated carbocycles. The molecule has 0 amide bonds. The molecule has 0 aliphatic heterocycles. The minimum absolute atomic E-state index is 0.388. The van der Waals surface area contributed by atoms with E-state index in [4.69, 9.17) is 4.42 Å². The smallest absolute Gasteiger partial charge is 0.105 e. The van der Waals surface area contributed by atoms with Gasteiger partial charge in [0, 0.05) is 11.6 Å². The lowest BCUT2D eigenvalue weighted by Gasteiger charge is -2.24. The van der Waals surface area contributed by atoms with Crippen molar-refractivity contribution in [2.45, 2.75) is 66.8 Å². The molecule has 104 valence electrons. The van der Waals surface area contributed by atoms with Gasteiger partial charge in [0.25, 0.3) is 0 Å². The Bertz CT molecular complexity index is 360. The number of rotatable bonds is 6. The fraction of sp³-hybridized carbons (Fsp3) is 0.750. The summed E-state index contributed by atoms with van der Waals surface area (Å²) in [5.41, 5.74) is 1.73. The fourth-order valence-electron chi connectivity index (χ4n) is 2.26. The van der Waals surface area contributed by atoms with E-state index in [0.717, 1.165) is 18.1 Å². The van der Waals surface area contributed by atoms with E-state index in [1.54, 1.807) is 0 Å². The molecule has 1 atom stereocenters. The summed E-state index contributed by atoms with van der Waals surface area (Å²) < 4.78 is 5.67. The van der Waals surface area contributed by atoms with Gasteiger partial charge in [-0.15, -0.1) is 0 Å². The quantitative estimate of drug-likeness (QED) is 0.788. The lowest BCUT2D eigenvalue weighted by molar-refractivity contribution is 0.330. The third-order valence-electron chi connectivity index (χ3n) is 3.28. The van der Waals surface area contributed by atoms with Gasteiger partial charge in [-0.3, -0.25) is 0 Å². The first-order valence-electron chi connectivity index (χ1n) is 7.14. The maximum atomic E-state index is 5.67. The molecule has 1 aromatic rings. The Morgan fingerprint density at radius 1 is 1.28 bits per heavy atom. The predicted octanol–water partition coefficient (Wildman–Crippen LogP) is 4.76. The predicted molar refractivity (Wildman–Crippen MR) is 77.9 cm³/mol. The van der Waals surface area contributed by atoms with E-state index in [2.05, 4.69) is 46.0 Å². The van der Waals surface area contributed by atoms with Crippen molar-refractivity contribution in [3.05, 3.63) is 23.2 Å². The van der Waals surface area contributed by atoms with Crippen molar-refractivity contribution in [2.75, 3.05) is 6.54 Å². The van der Waals surface area contributed by atoms with Gasteiger partial charge in [0.15, 0.2) is 0 Å². The standard InChI is InChI=1S/C16H29NO/c1-7-10-17-15(8-9-16(4,5)6)14-11-12(2)18-13(14)3/h11,15,17H,7-10H2,1-6H3. The molecule has 2 heteroatoms. The number of nitrogens with one attached hydrogen (secondary N) is 1. The maximum absolute atomic E-state index is 5.67. The highest BCUT2D eigenvalue weighted by Crippen LogP contribution is 2.30. The largest absolute Gasteiger partial charge is 0.466 e. The van der Waals surface area contributed by atoms with E-state index >= 15 is 0 Å². The molecule has 0 bridgehead atoms. The van der Waals surface area contributed by atoms with Crippen molar-refractivity contribution < 1.29 is 4.42 Å². The number of hydrogen-bond donors (Lipinski definition) is 1. The lowest BCUT2D eigenvalue weighted by atomic mass is 9.87. The van der Waals surface area contributed by atoms with Crippen LogP contribution in [-0.4, -0.2) is 6.54 Å². The van der Waals surface area contributed by atoms with E-state index in [0.29, 0.717) is 11.5 Å². The third kappa shape index (κ3) is 4.85. The van der Waals surface area contributed by atoms with Crippen LogP contribution in [-0.2, 0) is 0 Å². The van der Waals surface area contributed by atoms with Gasteiger partial charge in [-0.1, -0.05) is 27.7 Å². The summed E-state index contributed by atoms with van der Waals surface area (Å²) in [6.45, 7) is 14.3. The maximum Gasteiger partial charge on any atom is 0.105 e. The molecule has 0 saturated heterocycles. The Kier molecular flexibility index (Phi) is 5.46. The van der Waals surface area contributed by atoms with Gasteiger partial charge in [-0.05, 0) is 51.1 Å². The number of aryl methyl sites for hydroxylation is 2. The zero-order chi connectivity index (χ0) is 13.8. The molecule has 1 heterocycles. The first kappa shape index (κ1) is 15.3. The van der Waals surface area contributed by atoms with Crippen molar-refractivity contribution in [1.82, 2.24) is 5.32 Å². The highest BCUT2D eigenvalue weighted by molar-refractivity contribution is 5.24. The molecule has 0 spiro atoms. The monoisotopic (exact) mass is 251 g/mol. The van der Waals surface area contributed by atoms with Crippen LogP contribution in [0, 0.1) is 19.3 Å². The Morgan fingerprint density at radius 3 is 2.39 bits per heavy atom. The molecule has 1 N–H and O–H groups in total. The topological polar surface area (TPSA) is 25.2 Å². The van der Waals surface area contributed by atoms with Gasteiger partial charge in [-0.25, -0.2) is 0 Å². The summed E-state index contributed by atoms with van der Waals surface area (Å²) in [7, 11) is 0. The molecule has 2 nitrogen and oxygen atoms in total. The fourth-order valence-corrected chi connectivity index (χ4v) is 2.26. The SMILES string of the molecule is CCCNC(CCC(C)(C)C)c1cc(C)oc1C. The second kappa shape index (κ2) is 6.42. The van der Waals surface area contributed by atoms with E-state index in [9.17, 15) is 0 Å². The molecule has 1 unspecified atom stereocenters. The molecule has 18 heavy (non-hydrogen) atoms. The van der Waals surface area contributed by atoms with Crippen LogP contribution in [0.25, 0.3) is 0 Å². The highest BCUT2D eigenvalue weighted by atomic mass is 16.3. The summed E-state index contributed by atoms with van der Waals surface area (Å²) in [4.78, 5) is 0. The minimum Gasteiger partial charge on any atom is -0.466 e. The van der Waals surface area contributed by atoms with Gasteiger partial charge in [0.1, 0.15) is 11.5 Å². The van der Waals surface area contributed by atoms with E-state index in [1.165, 1.54) is 24.8 Å². The average molecular weight is 251 g/mol. The van der Waals surface area contributed by atoms with Crippen molar-refractivity contribution in [3.63, 3.8) is 0 Å². The second-order valence-electron chi connectivity index (χ2n) is 6.47. The van der Waals surface area contributed by atoms with E-state index in [-0.39, 0.29) is 0 Å². The van der Waals surface area contributed by atoms with Crippen molar-refractivity contribution in [1.29, 1.82) is 0 Å². The summed E-state index contributed by atoms with van der Waals surface area (Å²) in [6, 6.07) is 2.62. The van der Waals surface area contributed by atoms with Gasteiger partial charge >= 0.3 is 0 Å². The Balaban J connectivity index is 2.74. The molecule has 1 rings (SSSR count). The summed E-state index contributed by atoms with van der Waals surface area (Å²) in [5.74, 6) is 2.08. The Morgan fingerprint density at radius 2 is 1.94 bits per heavy atom. The van der Waals surface area contributed by atoms with Crippen LogP contribution in [0.5, 0.6) is 0 Å². The molecular weight excluding hydrogens is 222 g/mol. The number of furan rings is 1. The molecule has 0 aliphatic carbocycles. The van der Waals surface area contributed by atoms with Crippen LogP contribution < -0.4 is 5.32 Å². The van der Waals surface area contributed by atoms with Crippen LogP contribution in [0.4, 0.5) is 0 Å². The lowest BCUT2D eigenvalue weighted by Crippen LogP contribution is -2.23. The Labute approximate surface area is 112 Å².